The molecule has 1 unspecified atom stereocenters. The third-order valence-corrected chi connectivity index (χ3v) is 4.64. The van der Waals surface area contributed by atoms with Crippen LogP contribution in [0.1, 0.15) is 28.9 Å². The van der Waals surface area contributed by atoms with Crippen LogP contribution in [-0.2, 0) is 11.3 Å². The van der Waals surface area contributed by atoms with Crippen LogP contribution in [-0.4, -0.2) is 44.8 Å². The number of nitrogens with zero attached hydrogens (tertiary/aromatic N) is 4. The van der Waals surface area contributed by atoms with Crippen LogP contribution in [0.5, 0.6) is 0 Å². The zero-order valence-corrected chi connectivity index (χ0v) is 15.1. The molecule has 1 aliphatic rings. The van der Waals surface area contributed by atoms with Gasteiger partial charge in [0.25, 0.3) is 0 Å². The molecule has 134 valence electrons. The second-order valence-electron chi connectivity index (χ2n) is 6.71. The first-order chi connectivity index (χ1) is 12.7. The molecule has 1 saturated heterocycles. The highest BCUT2D eigenvalue weighted by molar-refractivity contribution is 5.62. The van der Waals surface area contributed by atoms with Crippen molar-refractivity contribution in [2.75, 3.05) is 19.7 Å². The summed E-state index contributed by atoms with van der Waals surface area (Å²) in [6, 6.07) is 12.3. The summed E-state index contributed by atoms with van der Waals surface area (Å²) in [6.45, 7) is 7.17. The zero-order valence-electron chi connectivity index (χ0n) is 15.1. The number of ether oxygens (including phenoxy) is 1. The average Bonchev–Trinajstić information content (AvgIpc) is 3.10. The molecule has 1 aromatic carbocycles. The van der Waals surface area contributed by atoms with Crippen molar-refractivity contribution < 1.29 is 4.74 Å². The Kier molecular flexibility index (Phi) is 4.77. The van der Waals surface area contributed by atoms with E-state index >= 15 is 0 Å². The summed E-state index contributed by atoms with van der Waals surface area (Å²) in [6.07, 6.45) is 1.91. The number of hydrogen-bond donors (Lipinski definition) is 1. The lowest BCUT2D eigenvalue weighted by Gasteiger charge is -2.32. The average molecular weight is 349 g/mol. The monoisotopic (exact) mass is 349 g/mol. The van der Waals surface area contributed by atoms with Crippen molar-refractivity contribution in [2.45, 2.75) is 26.5 Å². The number of aromatic amines is 1. The molecule has 0 saturated carbocycles. The minimum Gasteiger partial charge on any atom is -0.369 e. The van der Waals surface area contributed by atoms with Crippen molar-refractivity contribution in [3.63, 3.8) is 0 Å². The minimum absolute atomic E-state index is 0.0174. The number of aromatic nitrogens is 4. The van der Waals surface area contributed by atoms with E-state index in [2.05, 4.69) is 37.2 Å². The second kappa shape index (κ2) is 7.35. The summed E-state index contributed by atoms with van der Waals surface area (Å²) in [4.78, 5) is 11.3. The SMILES string of the molecule is Cc1cc(C2CN(Cc3cn[nH]c3-c3ccccc3)CCO2)nc(C)n1. The molecule has 1 fully saturated rings. The molecule has 6 nitrogen and oxygen atoms in total. The molecule has 0 radical (unpaired) electrons. The van der Waals surface area contributed by atoms with Crippen LogP contribution in [0, 0.1) is 13.8 Å². The standard InChI is InChI=1S/C20H23N5O/c1-14-10-18(23-15(2)22-14)19-13-25(8-9-26-19)12-17-11-21-24-20(17)16-6-4-3-5-7-16/h3-7,10-11,19H,8-9,12-13H2,1-2H3,(H,21,24). The van der Waals surface area contributed by atoms with E-state index in [4.69, 9.17) is 4.74 Å². The van der Waals surface area contributed by atoms with Crippen molar-refractivity contribution in [1.82, 2.24) is 25.1 Å². The van der Waals surface area contributed by atoms with E-state index < -0.39 is 0 Å². The molecule has 1 N–H and O–H groups in total. The molecular formula is C20H23N5O. The second-order valence-corrected chi connectivity index (χ2v) is 6.71. The lowest BCUT2D eigenvalue weighted by Crippen LogP contribution is -2.38. The number of nitrogens with one attached hydrogen (secondary N) is 1. The summed E-state index contributed by atoms with van der Waals surface area (Å²) >= 11 is 0. The van der Waals surface area contributed by atoms with Gasteiger partial charge >= 0.3 is 0 Å². The molecule has 4 rings (SSSR count). The number of hydrogen-bond acceptors (Lipinski definition) is 5. The van der Waals surface area contributed by atoms with Gasteiger partial charge in [-0.15, -0.1) is 0 Å². The summed E-state index contributed by atoms with van der Waals surface area (Å²) in [5.41, 5.74) is 5.39. The van der Waals surface area contributed by atoms with Gasteiger partial charge in [-0.2, -0.15) is 5.10 Å². The lowest BCUT2D eigenvalue weighted by atomic mass is 10.1. The maximum absolute atomic E-state index is 5.98. The Bertz CT molecular complexity index is 857. The van der Waals surface area contributed by atoms with Crippen LogP contribution in [0.3, 0.4) is 0 Å². The highest BCUT2D eigenvalue weighted by Gasteiger charge is 2.24. The van der Waals surface area contributed by atoms with E-state index in [9.17, 15) is 0 Å². The van der Waals surface area contributed by atoms with Gasteiger partial charge in [0.2, 0.25) is 0 Å². The van der Waals surface area contributed by atoms with Gasteiger partial charge in [-0.3, -0.25) is 10.00 Å². The Morgan fingerprint density at radius 3 is 2.85 bits per heavy atom. The van der Waals surface area contributed by atoms with Crippen LogP contribution >= 0.6 is 0 Å². The van der Waals surface area contributed by atoms with Crippen LogP contribution < -0.4 is 0 Å². The molecule has 0 spiro atoms. The number of rotatable bonds is 4. The van der Waals surface area contributed by atoms with Gasteiger partial charge in [-0.25, -0.2) is 9.97 Å². The maximum atomic E-state index is 5.98. The van der Waals surface area contributed by atoms with Gasteiger partial charge in [-0.1, -0.05) is 30.3 Å². The Morgan fingerprint density at radius 1 is 1.19 bits per heavy atom. The predicted octanol–water partition coefficient (Wildman–Crippen LogP) is 3.06. The molecule has 1 aliphatic heterocycles. The van der Waals surface area contributed by atoms with Gasteiger partial charge in [0, 0.05) is 30.9 Å². The van der Waals surface area contributed by atoms with Crippen LogP contribution in [0.15, 0.2) is 42.6 Å². The van der Waals surface area contributed by atoms with Gasteiger partial charge in [0.05, 0.1) is 24.2 Å². The molecular weight excluding hydrogens is 326 g/mol. The molecule has 0 amide bonds. The maximum Gasteiger partial charge on any atom is 0.125 e. The number of morpholine rings is 1. The van der Waals surface area contributed by atoms with Gasteiger partial charge in [0.1, 0.15) is 11.9 Å². The molecule has 2 aromatic heterocycles. The fraction of sp³-hybridized carbons (Fsp3) is 0.350. The van der Waals surface area contributed by atoms with Crippen LogP contribution in [0.2, 0.25) is 0 Å². The van der Waals surface area contributed by atoms with Crippen molar-refractivity contribution in [3.05, 3.63) is 65.4 Å². The predicted molar refractivity (Wildman–Crippen MR) is 99.5 cm³/mol. The largest absolute Gasteiger partial charge is 0.369 e. The first kappa shape index (κ1) is 16.9. The van der Waals surface area contributed by atoms with E-state index in [1.807, 2.05) is 44.3 Å². The topological polar surface area (TPSA) is 66.9 Å². The molecule has 26 heavy (non-hydrogen) atoms. The lowest BCUT2D eigenvalue weighted by molar-refractivity contribution is -0.0351. The molecule has 0 aliphatic carbocycles. The molecule has 3 aromatic rings. The Morgan fingerprint density at radius 2 is 2.04 bits per heavy atom. The first-order valence-electron chi connectivity index (χ1n) is 8.93. The van der Waals surface area contributed by atoms with E-state index in [0.29, 0.717) is 6.61 Å². The summed E-state index contributed by atoms with van der Waals surface area (Å²) in [7, 11) is 0. The van der Waals surface area contributed by atoms with Crippen molar-refractivity contribution in [1.29, 1.82) is 0 Å². The number of aryl methyl sites for hydroxylation is 2. The molecule has 6 heteroatoms. The first-order valence-corrected chi connectivity index (χ1v) is 8.93. The Balaban J connectivity index is 1.50. The highest BCUT2D eigenvalue weighted by atomic mass is 16.5. The van der Waals surface area contributed by atoms with E-state index in [1.54, 1.807) is 0 Å². The zero-order chi connectivity index (χ0) is 17.9. The van der Waals surface area contributed by atoms with Gasteiger partial charge in [-0.05, 0) is 25.5 Å². The van der Waals surface area contributed by atoms with Crippen LogP contribution in [0.25, 0.3) is 11.3 Å². The van der Waals surface area contributed by atoms with Crippen molar-refractivity contribution in [2.24, 2.45) is 0 Å². The molecule has 0 bridgehead atoms. The van der Waals surface area contributed by atoms with Crippen molar-refractivity contribution >= 4 is 0 Å². The summed E-state index contributed by atoms with van der Waals surface area (Å²) in [5.74, 6) is 0.793. The smallest absolute Gasteiger partial charge is 0.125 e. The number of benzene rings is 1. The van der Waals surface area contributed by atoms with E-state index in [-0.39, 0.29) is 6.10 Å². The Hall–Kier alpha value is -2.57. The highest BCUT2D eigenvalue weighted by Crippen LogP contribution is 2.26. The van der Waals surface area contributed by atoms with E-state index in [0.717, 1.165) is 48.1 Å². The van der Waals surface area contributed by atoms with Gasteiger partial charge in [0.15, 0.2) is 0 Å². The third kappa shape index (κ3) is 3.66. The van der Waals surface area contributed by atoms with Crippen LogP contribution in [0.4, 0.5) is 0 Å². The van der Waals surface area contributed by atoms with E-state index in [1.165, 1.54) is 5.56 Å². The quantitative estimate of drug-likeness (QED) is 0.784. The third-order valence-electron chi connectivity index (χ3n) is 4.64. The fourth-order valence-electron chi connectivity index (χ4n) is 3.46. The Labute approximate surface area is 153 Å². The number of H-pyrrole nitrogens is 1. The summed E-state index contributed by atoms with van der Waals surface area (Å²) < 4.78 is 5.98. The van der Waals surface area contributed by atoms with Crippen molar-refractivity contribution in [3.8, 4) is 11.3 Å². The normalized spacial score (nSPS) is 18.2. The molecule has 1 atom stereocenters. The van der Waals surface area contributed by atoms with Gasteiger partial charge < -0.3 is 4.74 Å². The molecule has 3 heterocycles. The minimum atomic E-state index is -0.0174. The summed E-state index contributed by atoms with van der Waals surface area (Å²) in [5, 5.41) is 7.40. The fourth-order valence-corrected chi connectivity index (χ4v) is 3.46.